The van der Waals surface area contributed by atoms with E-state index in [-0.39, 0.29) is 17.4 Å². The number of hydrogen-bond acceptors (Lipinski definition) is 4. The molecule has 0 saturated heterocycles. The minimum Gasteiger partial charge on any atom is -0.465 e. The maximum Gasteiger partial charge on any atom is 0.333 e. The van der Waals surface area contributed by atoms with E-state index in [0.29, 0.717) is 24.7 Å². The molecule has 0 aromatic heterocycles. The summed E-state index contributed by atoms with van der Waals surface area (Å²) in [5.74, 6) is 2.53. The quantitative estimate of drug-likeness (QED) is 0.145. The Morgan fingerprint density at radius 3 is 1.88 bits per heavy atom. The smallest absolute Gasteiger partial charge is 0.333 e. The SMILES string of the molecule is C=C(C)C(=O)OCC(CCCC)(COC(C)=O)C1CCC(C2CCC(CCCCC)CC2)CC1. The number of ether oxygens (including phenoxy) is 2. The van der Waals surface area contributed by atoms with Gasteiger partial charge in [-0.2, -0.15) is 0 Å². The van der Waals surface area contributed by atoms with Crippen molar-refractivity contribution >= 4 is 11.9 Å². The Bertz CT molecular complexity index is 626. The lowest BCUT2D eigenvalue weighted by molar-refractivity contribution is -0.155. The molecule has 196 valence electrons. The molecule has 0 aromatic rings. The van der Waals surface area contributed by atoms with Gasteiger partial charge in [0.25, 0.3) is 0 Å². The van der Waals surface area contributed by atoms with E-state index in [4.69, 9.17) is 9.47 Å². The summed E-state index contributed by atoms with van der Waals surface area (Å²) >= 11 is 0. The summed E-state index contributed by atoms with van der Waals surface area (Å²) in [5, 5.41) is 0. The number of esters is 2. The van der Waals surface area contributed by atoms with Crippen LogP contribution in [0.2, 0.25) is 0 Å². The van der Waals surface area contributed by atoms with Crippen LogP contribution in [-0.4, -0.2) is 25.2 Å². The second-order valence-electron chi connectivity index (χ2n) is 11.5. The van der Waals surface area contributed by atoms with Gasteiger partial charge in [-0.15, -0.1) is 0 Å². The van der Waals surface area contributed by atoms with E-state index in [9.17, 15) is 9.59 Å². The van der Waals surface area contributed by atoms with Crippen LogP contribution in [0.4, 0.5) is 0 Å². The molecule has 2 aliphatic rings. The van der Waals surface area contributed by atoms with Crippen molar-refractivity contribution in [1.29, 1.82) is 0 Å². The van der Waals surface area contributed by atoms with Crippen molar-refractivity contribution in [2.45, 2.75) is 124 Å². The summed E-state index contributed by atoms with van der Waals surface area (Å²) in [7, 11) is 0. The second kappa shape index (κ2) is 14.9. The number of hydrogen-bond donors (Lipinski definition) is 0. The third-order valence-corrected chi connectivity index (χ3v) is 8.84. The molecular weight excluding hydrogens is 424 g/mol. The molecule has 0 N–H and O–H groups in total. The highest BCUT2D eigenvalue weighted by Gasteiger charge is 2.43. The van der Waals surface area contributed by atoms with Crippen molar-refractivity contribution in [2.24, 2.45) is 29.1 Å². The highest BCUT2D eigenvalue weighted by atomic mass is 16.5. The van der Waals surface area contributed by atoms with Gasteiger partial charge in [-0.05, 0) is 75.5 Å². The Morgan fingerprint density at radius 2 is 1.35 bits per heavy atom. The lowest BCUT2D eigenvalue weighted by Gasteiger charge is -2.45. The van der Waals surface area contributed by atoms with Crippen LogP contribution in [-0.2, 0) is 19.1 Å². The van der Waals surface area contributed by atoms with Crippen molar-refractivity contribution in [3.8, 4) is 0 Å². The largest absolute Gasteiger partial charge is 0.465 e. The van der Waals surface area contributed by atoms with E-state index in [1.165, 1.54) is 71.1 Å². The van der Waals surface area contributed by atoms with Crippen LogP contribution >= 0.6 is 0 Å². The van der Waals surface area contributed by atoms with Gasteiger partial charge in [0, 0.05) is 17.9 Å². The first-order chi connectivity index (χ1) is 16.3. The van der Waals surface area contributed by atoms with E-state index in [1.807, 2.05) is 0 Å². The molecular formula is C30H52O4. The lowest BCUT2D eigenvalue weighted by Crippen LogP contribution is -2.43. The summed E-state index contributed by atoms with van der Waals surface area (Å²) in [4.78, 5) is 23.9. The molecule has 0 amide bonds. The average Bonchev–Trinajstić information content (AvgIpc) is 2.84. The summed E-state index contributed by atoms with van der Waals surface area (Å²) in [6, 6.07) is 0. The fourth-order valence-electron chi connectivity index (χ4n) is 6.57. The van der Waals surface area contributed by atoms with Gasteiger partial charge in [0.05, 0.1) is 0 Å². The standard InChI is InChI=1S/C30H52O4/c1-6-8-10-11-25-12-14-26(15-13-25)27-16-18-28(19-17-27)30(20-9-7-2,21-33-24(5)31)22-34-29(32)23(3)4/h25-28H,3,6-22H2,1-2,4-5H3. The van der Waals surface area contributed by atoms with Gasteiger partial charge in [-0.3, -0.25) is 4.79 Å². The lowest BCUT2D eigenvalue weighted by atomic mass is 9.62. The monoisotopic (exact) mass is 476 g/mol. The molecule has 0 aromatic carbocycles. The highest BCUT2D eigenvalue weighted by Crippen LogP contribution is 2.48. The summed E-state index contributed by atoms with van der Waals surface area (Å²) < 4.78 is 11.3. The fraction of sp³-hybridized carbons (Fsp3) is 0.867. The average molecular weight is 477 g/mol. The first kappa shape index (κ1) is 28.9. The Kier molecular flexibility index (Phi) is 12.7. The van der Waals surface area contributed by atoms with Gasteiger partial charge in [0.1, 0.15) is 13.2 Å². The van der Waals surface area contributed by atoms with Gasteiger partial charge in [-0.25, -0.2) is 4.79 Å². The number of rotatable bonds is 14. The molecule has 2 aliphatic carbocycles. The van der Waals surface area contributed by atoms with E-state index in [0.717, 1.165) is 49.9 Å². The zero-order valence-corrected chi connectivity index (χ0v) is 22.7. The van der Waals surface area contributed by atoms with Crippen molar-refractivity contribution in [2.75, 3.05) is 13.2 Å². The van der Waals surface area contributed by atoms with Crippen LogP contribution in [0.3, 0.4) is 0 Å². The maximum absolute atomic E-state index is 12.2. The Morgan fingerprint density at radius 1 is 0.794 bits per heavy atom. The zero-order valence-electron chi connectivity index (χ0n) is 22.7. The van der Waals surface area contributed by atoms with Gasteiger partial charge >= 0.3 is 11.9 Å². The molecule has 4 heteroatoms. The summed E-state index contributed by atoms with van der Waals surface area (Å²) in [5.41, 5.74) is 0.139. The van der Waals surface area contributed by atoms with Crippen LogP contribution in [0, 0.1) is 29.1 Å². The van der Waals surface area contributed by atoms with Gasteiger partial charge < -0.3 is 9.47 Å². The molecule has 0 heterocycles. The van der Waals surface area contributed by atoms with Gasteiger partial charge in [-0.1, -0.05) is 71.8 Å². The first-order valence-corrected chi connectivity index (χ1v) is 14.3. The molecule has 2 rings (SSSR count). The highest BCUT2D eigenvalue weighted by molar-refractivity contribution is 5.86. The third-order valence-electron chi connectivity index (χ3n) is 8.84. The summed E-state index contributed by atoms with van der Waals surface area (Å²) in [6.45, 7) is 12.0. The number of carbonyl (C=O) groups is 2. The maximum atomic E-state index is 12.2. The predicted molar refractivity (Wildman–Crippen MR) is 139 cm³/mol. The number of unbranched alkanes of at least 4 members (excludes halogenated alkanes) is 3. The molecule has 1 atom stereocenters. The first-order valence-electron chi connectivity index (χ1n) is 14.3. The predicted octanol–water partition coefficient (Wildman–Crippen LogP) is 8.04. The van der Waals surface area contributed by atoms with Crippen molar-refractivity contribution in [1.82, 2.24) is 0 Å². The molecule has 1 unspecified atom stereocenters. The van der Waals surface area contributed by atoms with Crippen molar-refractivity contribution < 1.29 is 19.1 Å². The Labute approximate surface area is 209 Å². The topological polar surface area (TPSA) is 52.6 Å². The molecule has 0 spiro atoms. The minimum absolute atomic E-state index is 0.253. The molecule has 0 bridgehead atoms. The fourth-order valence-corrected chi connectivity index (χ4v) is 6.57. The number of carbonyl (C=O) groups excluding carboxylic acids is 2. The van der Waals surface area contributed by atoms with E-state index in [2.05, 4.69) is 20.4 Å². The van der Waals surface area contributed by atoms with Crippen molar-refractivity contribution in [3.05, 3.63) is 12.2 Å². The van der Waals surface area contributed by atoms with Crippen LogP contribution in [0.1, 0.15) is 124 Å². The zero-order chi connectivity index (χ0) is 25.0. The summed E-state index contributed by atoms with van der Waals surface area (Å²) in [6.07, 6.45) is 19.1. The van der Waals surface area contributed by atoms with E-state index in [1.54, 1.807) is 6.92 Å². The molecule has 4 nitrogen and oxygen atoms in total. The Balaban J connectivity index is 1.98. The molecule has 2 fully saturated rings. The second-order valence-corrected chi connectivity index (χ2v) is 11.5. The van der Waals surface area contributed by atoms with Crippen molar-refractivity contribution in [3.63, 3.8) is 0 Å². The minimum atomic E-state index is -0.340. The normalized spacial score (nSPS) is 26.9. The molecule has 2 saturated carbocycles. The van der Waals surface area contributed by atoms with Crippen LogP contribution < -0.4 is 0 Å². The molecule has 34 heavy (non-hydrogen) atoms. The molecule has 0 aliphatic heterocycles. The van der Waals surface area contributed by atoms with Gasteiger partial charge in [0.2, 0.25) is 0 Å². The third kappa shape index (κ3) is 9.04. The van der Waals surface area contributed by atoms with E-state index >= 15 is 0 Å². The Hall–Kier alpha value is -1.32. The van der Waals surface area contributed by atoms with E-state index < -0.39 is 0 Å². The van der Waals surface area contributed by atoms with Crippen LogP contribution in [0.5, 0.6) is 0 Å². The van der Waals surface area contributed by atoms with Crippen LogP contribution in [0.15, 0.2) is 12.2 Å². The van der Waals surface area contributed by atoms with Gasteiger partial charge in [0.15, 0.2) is 0 Å². The molecule has 0 radical (unpaired) electrons. The van der Waals surface area contributed by atoms with Crippen LogP contribution in [0.25, 0.3) is 0 Å².